The van der Waals surface area contributed by atoms with Gasteiger partial charge in [-0.1, -0.05) is 6.92 Å². The summed E-state index contributed by atoms with van der Waals surface area (Å²) < 4.78 is 16.5. The van der Waals surface area contributed by atoms with Crippen molar-refractivity contribution in [2.75, 3.05) is 19.7 Å². The fraction of sp³-hybridized carbons (Fsp3) is 0.333. The molecule has 0 spiro atoms. The first-order valence-electron chi connectivity index (χ1n) is 9.12. The molecular weight excluding hydrogens is 346 g/mol. The van der Waals surface area contributed by atoms with Crippen LogP contribution in [0.2, 0.25) is 0 Å². The van der Waals surface area contributed by atoms with Gasteiger partial charge in [0.25, 0.3) is 5.91 Å². The molecule has 1 aromatic carbocycles. The number of carbonyl (C=O) groups excluding carboxylic acids is 2. The second kappa shape index (κ2) is 7.31. The van der Waals surface area contributed by atoms with Crippen LogP contribution in [0.3, 0.4) is 0 Å². The molecular formula is C21H21NO5. The average Bonchev–Trinajstić information content (AvgIpc) is 3.29. The number of nitrogens with zero attached hydrogens (tertiary/aromatic N) is 1. The Hall–Kier alpha value is -3.02. The van der Waals surface area contributed by atoms with E-state index in [0.717, 1.165) is 25.9 Å². The van der Waals surface area contributed by atoms with Crippen LogP contribution in [0.5, 0.6) is 11.5 Å². The number of ketones is 1. The molecule has 0 atom stereocenters. The highest BCUT2D eigenvalue weighted by molar-refractivity contribution is 6.14. The number of fused-ring (bicyclic) bond motifs is 1. The molecule has 2 aliphatic heterocycles. The number of rotatable bonds is 4. The molecule has 1 amide bonds. The summed E-state index contributed by atoms with van der Waals surface area (Å²) in [5.74, 6) is 2.13. The normalized spacial score (nSPS) is 18.5. The summed E-state index contributed by atoms with van der Waals surface area (Å²) in [5.41, 5.74) is 0.469. The first-order valence-corrected chi connectivity index (χ1v) is 9.12. The van der Waals surface area contributed by atoms with Crippen LogP contribution >= 0.6 is 0 Å². The molecule has 6 heteroatoms. The van der Waals surface area contributed by atoms with Gasteiger partial charge in [-0.25, -0.2) is 0 Å². The lowest BCUT2D eigenvalue weighted by molar-refractivity contribution is -0.134. The van der Waals surface area contributed by atoms with E-state index in [1.807, 2.05) is 4.90 Å². The summed E-state index contributed by atoms with van der Waals surface area (Å²) >= 11 is 0. The first-order chi connectivity index (χ1) is 13.1. The van der Waals surface area contributed by atoms with Gasteiger partial charge in [-0.3, -0.25) is 9.59 Å². The van der Waals surface area contributed by atoms with Gasteiger partial charge in [-0.2, -0.15) is 0 Å². The molecule has 0 N–H and O–H groups in total. The van der Waals surface area contributed by atoms with Crippen LogP contribution in [0, 0.1) is 5.92 Å². The molecule has 1 fully saturated rings. The fourth-order valence-corrected chi connectivity index (χ4v) is 3.25. The zero-order valence-corrected chi connectivity index (χ0v) is 15.1. The molecule has 1 saturated heterocycles. The van der Waals surface area contributed by atoms with E-state index < -0.39 is 0 Å². The summed E-state index contributed by atoms with van der Waals surface area (Å²) in [6.45, 7) is 3.76. The number of Topliss-reactive ketones (excluding diaryl/α,β-unsaturated/α-hetero) is 1. The van der Waals surface area contributed by atoms with Gasteiger partial charge in [-0.05, 0) is 43.0 Å². The van der Waals surface area contributed by atoms with Crippen molar-refractivity contribution < 1.29 is 23.5 Å². The van der Waals surface area contributed by atoms with Crippen molar-refractivity contribution in [1.29, 1.82) is 0 Å². The maximum atomic E-state index is 12.4. The lowest BCUT2D eigenvalue weighted by Gasteiger charge is -2.30. The number of amides is 1. The highest BCUT2D eigenvalue weighted by Gasteiger charge is 2.28. The predicted molar refractivity (Wildman–Crippen MR) is 98.6 cm³/mol. The van der Waals surface area contributed by atoms with Crippen molar-refractivity contribution in [1.82, 2.24) is 4.90 Å². The number of likely N-dealkylation sites (tertiary alicyclic amines) is 1. The van der Waals surface area contributed by atoms with E-state index in [0.29, 0.717) is 28.7 Å². The molecule has 2 aliphatic rings. The van der Waals surface area contributed by atoms with E-state index in [4.69, 9.17) is 13.9 Å². The van der Waals surface area contributed by atoms with E-state index in [-0.39, 0.29) is 24.1 Å². The fourth-order valence-electron chi connectivity index (χ4n) is 3.25. The topological polar surface area (TPSA) is 69.0 Å². The Morgan fingerprint density at radius 1 is 1.30 bits per heavy atom. The zero-order valence-electron chi connectivity index (χ0n) is 15.1. The number of furan rings is 1. The highest BCUT2D eigenvalue weighted by Crippen LogP contribution is 2.35. The molecule has 0 aliphatic carbocycles. The Morgan fingerprint density at radius 3 is 2.85 bits per heavy atom. The SMILES string of the molecule is CC1CCN(C(=O)COc2ccc3c(c2)OC(=Cc2ccco2)C3=O)CC1. The summed E-state index contributed by atoms with van der Waals surface area (Å²) in [7, 11) is 0. The van der Waals surface area contributed by atoms with Gasteiger partial charge in [0.15, 0.2) is 12.4 Å². The Kier molecular flexibility index (Phi) is 4.71. The Bertz CT molecular complexity index is 876. The molecule has 0 bridgehead atoms. The lowest BCUT2D eigenvalue weighted by atomic mass is 9.99. The van der Waals surface area contributed by atoms with Gasteiger partial charge < -0.3 is 18.8 Å². The molecule has 6 nitrogen and oxygen atoms in total. The van der Waals surface area contributed by atoms with Crippen LogP contribution in [0.15, 0.2) is 46.8 Å². The Balaban J connectivity index is 1.40. The summed E-state index contributed by atoms with van der Waals surface area (Å²) in [6.07, 6.45) is 5.16. The van der Waals surface area contributed by atoms with Gasteiger partial charge in [0, 0.05) is 25.2 Å². The maximum Gasteiger partial charge on any atom is 0.260 e. The van der Waals surface area contributed by atoms with Gasteiger partial charge >= 0.3 is 0 Å². The Morgan fingerprint density at radius 2 is 2.11 bits per heavy atom. The monoisotopic (exact) mass is 367 g/mol. The number of allylic oxidation sites excluding steroid dienone is 1. The van der Waals surface area contributed by atoms with Crippen LogP contribution in [0.25, 0.3) is 6.08 Å². The van der Waals surface area contributed by atoms with Crippen LogP contribution in [-0.2, 0) is 4.79 Å². The maximum absolute atomic E-state index is 12.4. The van der Waals surface area contributed by atoms with Crippen molar-refractivity contribution in [2.24, 2.45) is 5.92 Å². The van der Waals surface area contributed by atoms with Gasteiger partial charge in [0.1, 0.15) is 17.3 Å². The molecule has 2 aromatic rings. The van der Waals surface area contributed by atoms with Crippen molar-refractivity contribution in [2.45, 2.75) is 19.8 Å². The zero-order chi connectivity index (χ0) is 18.8. The number of hydrogen-bond donors (Lipinski definition) is 0. The van der Waals surface area contributed by atoms with Crippen LogP contribution in [0.1, 0.15) is 35.9 Å². The second-order valence-electron chi connectivity index (χ2n) is 6.97. The minimum absolute atomic E-state index is 0.0159. The number of benzene rings is 1. The van der Waals surface area contributed by atoms with E-state index >= 15 is 0 Å². The molecule has 4 rings (SSSR count). The van der Waals surface area contributed by atoms with Gasteiger partial charge in [-0.15, -0.1) is 0 Å². The summed E-state index contributed by atoms with van der Waals surface area (Å²) in [6, 6.07) is 8.46. The van der Waals surface area contributed by atoms with E-state index in [1.54, 1.807) is 36.4 Å². The third-order valence-electron chi connectivity index (χ3n) is 4.96. The molecule has 27 heavy (non-hydrogen) atoms. The van der Waals surface area contributed by atoms with Crippen molar-refractivity contribution in [3.05, 3.63) is 53.7 Å². The van der Waals surface area contributed by atoms with E-state index in [9.17, 15) is 9.59 Å². The molecule has 0 saturated carbocycles. The molecule has 0 radical (unpaired) electrons. The number of carbonyl (C=O) groups is 2. The standard InChI is InChI=1S/C21H21NO5/c1-14-6-8-22(9-7-14)20(23)13-26-16-4-5-17-18(11-16)27-19(21(17)24)12-15-3-2-10-25-15/h2-5,10-12,14H,6-9,13H2,1H3. The van der Waals surface area contributed by atoms with E-state index in [2.05, 4.69) is 6.92 Å². The van der Waals surface area contributed by atoms with E-state index in [1.165, 1.54) is 6.26 Å². The molecule has 3 heterocycles. The highest BCUT2D eigenvalue weighted by atomic mass is 16.5. The first kappa shape index (κ1) is 17.4. The van der Waals surface area contributed by atoms with Crippen molar-refractivity contribution >= 4 is 17.8 Å². The van der Waals surface area contributed by atoms with Crippen LogP contribution < -0.4 is 9.47 Å². The largest absolute Gasteiger partial charge is 0.484 e. The minimum atomic E-state index is -0.202. The van der Waals surface area contributed by atoms with Crippen molar-refractivity contribution in [3.8, 4) is 11.5 Å². The lowest BCUT2D eigenvalue weighted by Crippen LogP contribution is -2.40. The number of piperidine rings is 1. The smallest absolute Gasteiger partial charge is 0.260 e. The third kappa shape index (κ3) is 3.74. The average molecular weight is 367 g/mol. The van der Waals surface area contributed by atoms with Crippen molar-refractivity contribution in [3.63, 3.8) is 0 Å². The second-order valence-corrected chi connectivity index (χ2v) is 6.97. The predicted octanol–water partition coefficient (Wildman–Crippen LogP) is 3.53. The molecule has 0 unspecified atom stereocenters. The quantitative estimate of drug-likeness (QED) is 0.773. The summed E-state index contributed by atoms with van der Waals surface area (Å²) in [5, 5.41) is 0. The van der Waals surface area contributed by atoms with Crippen LogP contribution in [-0.4, -0.2) is 36.3 Å². The van der Waals surface area contributed by atoms with Gasteiger partial charge in [0.05, 0.1) is 11.8 Å². The Labute approximate surface area is 157 Å². The van der Waals surface area contributed by atoms with Gasteiger partial charge in [0.2, 0.25) is 5.78 Å². The third-order valence-corrected chi connectivity index (χ3v) is 4.96. The summed E-state index contributed by atoms with van der Waals surface area (Å²) in [4.78, 5) is 26.5. The molecule has 1 aromatic heterocycles. The minimum Gasteiger partial charge on any atom is -0.484 e. The number of hydrogen-bond acceptors (Lipinski definition) is 5. The van der Waals surface area contributed by atoms with Crippen LogP contribution in [0.4, 0.5) is 0 Å². The molecule has 140 valence electrons. The number of ether oxygens (including phenoxy) is 2.